The molecule has 0 spiro atoms. The average molecular weight is 196 g/mol. The molecule has 0 heterocycles. The molecule has 0 radical (unpaired) electrons. The first kappa shape index (κ1) is 9.97. The lowest BCUT2D eigenvalue weighted by Gasteiger charge is -2.26. The highest BCUT2D eigenvalue weighted by Gasteiger charge is 2.52. The van der Waals surface area contributed by atoms with Crippen LogP contribution in [-0.4, -0.2) is 29.9 Å². The Labute approximate surface area is 85.6 Å². The van der Waals surface area contributed by atoms with Crippen molar-refractivity contribution in [2.45, 2.75) is 45.1 Å². The van der Waals surface area contributed by atoms with Gasteiger partial charge in [0.25, 0.3) is 0 Å². The van der Waals surface area contributed by atoms with E-state index in [2.05, 4.69) is 11.8 Å². The number of nitrogens with two attached hydrogens (primary N) is 1. The Bertz CT molecular complexity index is 231. The minimum Gasteiger partial charge on any atom is -0.339 e. The van der Waals surface area contributed by atoms with E-state index in [-0.39, 0.29) is 5.41 Å². The lowest BCUT2D eigenvalue weighted by molar-refractivity contribution is -0.137. The second kappa shape index (κ2) is 3.54. The Hall–Kier alpha value is -0.570. The van der Waals surface area contributed by atoms with Crippen LogP contribution in [0.25, 0.3) is 0 Å². The third kappa shape index (κ3) is 1.65. The van der Waals surface area contributed by atoms with Crippen molar-refractivity contribution in [2.75, 3.05) is 13.1 Å². The summed E-state index contributed by atoms with van der Waals surface area (Å²) < 4.78 is 0. The van der Waals surface area contributed by atoms with Crippen LogP contribution in [0, 0.1) is 5.41 Å². The van der Waals surface area contributed by atoms with Crippen molar-refractivity contribution in [1.82, 2.24) is 4.90 Å². The predicted octanol–water partition coefficient (Wildman–Crippen LogP) is 1.13. The van der Waals surface area contributed by atoms with E-state index in [9.17, 15) is 4.79 Å². The molecule has 0 bridgehead atoms. The Morgan fingerprint density at radius 1 is 1.50 bits per heavy atom. The second-order valence-corrected chi connectivity index (χ2v) is 4.71. The fraction of sp³-hybridized carbons (Fsp3) is 0.909. The Morgan fingerprint density at radius 3 is 2.50 bits per heavy atom. The van der Waals surface area contributed by atoms with Gasteiger partial charge >= 0.3 is 0 Å². The van der Waals surface area contributed by atoms with Crippen LogP contribution in [0.3, 0.4) is 0 Å². The maximum atomic E-state index is 12.2. The van der Waals surface area contributed by atoms with Crippen molar-refractivity contribution in [3.63, 3.8) is 0 Å². The lowest BCUT2D eigenvalue weighted by atomic mass is 10.1. The van der Waals surface area contributed by atoms with Gasteiger partial charge in [-0.2, -0.15) is 0 Å². The van der Waals surface area contributed by atoms with Crippen molar-refractivity contribution in [3.8, 4) is 0 Å². The molecule has 2 aliphatic carbocycles. The summed E-state index contributed by atoms with van der Waals surface area (Å²) in [5, 5.41) is 0. The number of hydrogen-bond acceptors (Lipinski definition) is 2. The minimum absolute atomic E-state index is 0.141. The van der Waals surface area contributed by atoms with E-state index in [0.29, 0.717) is 18.5 Å². The molecule has 2 N–H and O–H groups in total. The summed E-state index contributed by atoms with van der Waals surface area (Å²) in [6, 6.07) is 0.548. The number of amides is 1. The van der Waals surface area contributed by atoms with Gasteiger partial charge in [0.1, 0.15) is 0 Å². The van der Waals surface area contributed by atoms with E-state index in [1.807, 2.05) is 0 Å². The Morgan fingerprint density at radius 2 is 2.14 bits per heavy atom. The van der Waals surface area contributed by atoms with E-state index >= 15 is 0 Å². The molecule has 0 aromatic carbocycles. The van der Waals surface area contributed by atoms with Gasteiger partial charge in [-0.05, 0) is 32.1 Å². The topological polar surface area (TPSA) is 46.3 Å². The molecule has 0 aromatic rings. The van der Waals surface area contributed by atoms with Crippen LogP contribution in [0.15, 0.2) is 0 Å². The highest BCUT2D eigenvalue weighted by atomic mass is 16.2. The zero-order valence-corrected chi connectivity index (χ0v) is 8.96. The quantitative estimate of drug-likeness (QED) is 0.716. The molecule has 0 aliphatic heterocycles. The zero-order chi connectivity index (χ0) is 10.2. The summed E-state index contributed by atoms with van der Waals surface area (Å²) in [5.41, 5.74) is 5.54. The summed E-state index contributed by atoms with van der Waals surface area (Å²) in [5.74, 6) is 0.337. The third-order valence-electron chi connectivity index (χ3n) is 3.41. The number of rotatable bonds is 5. The molecule has 80 valence electrons. The van der Waals surface area contributed by atoms with Gasteiger partial charge in [0.2, 0.25) is 5.91 Å². The van der Waals surface area contributed by atoms with Crippen LogP contribution in [-0.2, 0) is 4.79 Å². The monoisotopic (exact) mass is 196 g/mol. The van der Waals surface area contributed by atoms with Crippen LogP contribution < -0.4 is 5.73 Å². The predicted molar refractivity (Wildman–Crippen MR) is 55.7 cm³/mol. The maximum absolute atomic E-state index is 12.2. The fourth-order valence-electron chi connectivity index (χ4n) is 2.04. The molecule has 2 rings (SSSR count). The highest BCUT2D eigenvalue weighted by molar-refractivity contribution is 5.86. The molecule has 2 saturated carbocycles. The molecule has 0 unspecified atom stereocenters. The van der Waals surface area contributed by atoms with E-state index < -0.39 is 0 Å². The van der Waals surface area contributed by atoms with Crippen LogP contribution in [0.5, 0.6) is 0 Å². The molecule has 2 aliphatic rings. The van der Waals surface area contributed by atoms with Crippen molar-refractivity contribution in [2.24, 2.45) is 11.1 Å². The standard InChI is InChI=1S/C11H20N2O/c1-2-7-13(9-3-4-9)10(14)11(8-12)5-6-11/h9H,2-8,12H2,1H3. The van der Waals surface area contributed by atoms with Crippen molar-refractivity contribution < 1.29 is 4.79 Å². The van der Waals surface area contributed by atoms with Gasteiger partial charge in [0.05, 0.1) is 5.41 Å². The summed E-state index contributed by atoms with van der Waals surface area (Å²) >= 11 is 0. The van der Waals surface area contributed by atoms with Gasteiger partial charge in [-0.25, -0.2) is 0 Å². The minimum atomic E-state index is -0.141. The molecular formula is C11H20N2O. The van der Waals surface area contributed by atoms with Gasteiger partial charge in [-0.3, -0.25) is 4.79 Å². The van der Waals surface area contributed by atoms with Crippen molar-refractivity contribution in [3.05, 3.63) is 0 Å². The van der Waals surface area contributed by atoms with Gasteiger partial charge in [-0.1, -0.05) is 6.92 Å². The van der Waals surface area contributed by atoms with E-state index in [4.69, 9.17) is 5.73 Å². The van der Waals surface area contributed by atoms with Gasteiger partial charge in [0.15, 0.2) is 0 Å². The lowest BCUT2D eigenvalue weighted by Crippen LogP contribution is -2.42. The smallest absolute Gasteiger partial charge is 0.230 e. The zero-order valence-electron chi connectivity index (χ0n) is 8.96. The molecule has 14 heavy (non-hydrogen) atoms. The van der Waals surface area contributed by atoms with Crippen molar-refractivity contribution in [1.29, 1.82) is 0 Å². The normalized spacial score (nSPS) is 23.3. The molecule has 0 aromatic heterocycles. The first-order valence-corrected chi connectivity index (χ1v) is 5.74. The first-order valence-electron chi connectivity index (χ1n) is 5.74. The number of carbonyl (C=O) groups excluding carboxylic acids is 1. The molecule has 3 heteroatoms. The summed E-state index contributed by atoms with van der Waals surface area (Å²) in [7, 11) is 0. The van der Waals surface area contributed by atoms with E-state index in [1.54, 1.807) is 0 Å². The molecule has 1 amide bonds. The van der Waals surface area contributed by atoms with E-state index in [1.165, 1.54) is 12.8 Å². The number of carbonyl (C=O) groups is 1. The summed E-state index contributed by atoms with van der Waals surface area (Å²) in [6.45, 7) is 3.59. The Balaban J connectivity index is 1.99. The molecule has 0 saturated heterocycles. The number of nitrogens with zero attached hydrogens (tertiary/aromatic N) is 1. The number of hydrogen-bond donors (Lipinski definition) is 1. The molecule has 3 nitrogen and oxygen atoms in total. The van der Waals surface area contributed by atoms with Crippen LogP contribution >= 0.6 is 0 Å². The van der Waals surface area contributed by atoms with Crippen LogP contribution in [0.1, 0.15) is 39.0 Å². The SMILES string of the molecule is CCCN(C(=O)C1(CN)CC1)C1CC1. The van der Waals surface area contributed by atoms with Crippen molar-refractivity contribution >= 4 is 5.91 Å². The highest BCUT2D eigenvalue weighted by Crippen LogP contribution is 2.47. The molecule has 0 atom stereocenters. The van der Waals surface area contributed by atoms with Gasteiger partial charge in [-0.15, -0.1) is 0 Å². The molecular weight excluding hydrogens is 176 g/mol. The second-order valence-electron chi connectivity index (χ2n) is 4.71. The Kier molecular flexibility index (Phi) is 2.52. The van der Waals surface area contributed by atoms with Crippen LogP contribution in [0.2, 0.25) is 0 Å². The fourth-order valence-corrected chi connectivity index (χ4v) is 2.04. The first-order chi connectivity index (χ1) is 6.73. The van der Waals surface area contributed by atoms with Gasteiger partial charge in [0, 0.05) is 19.1 Å². The largest absolute Gasteiger partial charge is 0.339 e. The van der Waals surface area contributed by atoms with Crippen LogP contribution in [0.4, 0.5) is 0 Å². The maximum Gasteiger partial charge on any atom is 0.230 e. The van der Waals surface area contributed by atoms with Gasteiger partial charge < -0.3 is 10.6 Å². The summed E-state index contributed by atoms with van der Waals surface area (Å²) in [4.78, 5) is 14.3. The molecule has 2 fully saturated rings. The summed E-state index contributed by atoms with van der Waals surface area (Å²) in [6.07, 6.45) is 5.48. The third-order valence-corrected chi connectivity index (χ3v) is 3.41. The average Bonchev–Trinajstić information content (AvgIpc) is 3.05. The van der Waals surface area contributed by atoms with E-state index in [0.717, 1.165) is 25.8 Å².